The summed E-state index contributed by atoms with van der Waals surface area (Å²) in [7, 11) is 0. The van der Waals surface area contributed by atoms with Crippen LogP contribution in [0.1, 0.15) is 12.5 Å². The van der Waals surface area contributed by atoms with Gasteiger partial charge in [-0.2, -0.15) is 0 Å². The van der Waals surface area contributed by atoms with E-state index in [-0.39, 0.29) is 5.82 Å². The highest BCUT2D eigenvalue weighted by Gasteiger charge is 2.05. The Morgan fingerprint density at radius 1 is 1.25 bits per heavy atom. The van der Waals surface area contributed by atoms with Crippen LogP contribution in [0.2, 0.25) is 0 Å². The fraction of sp³-hybridized carbons (Fsp3) is 0.200. The largest absolute Gasteiger partial charge is 0.494 e. The molecule has 0 atom stereocenters. The van der Waals surface area contributed by atoms with Gasteiger partial charge in [0.1, 0.15) is 11.6 Å². The van der Waals surface area contributed by atoms with Crippen molar-refractivity contribution >= 4 is 33.4 Å². The zero-order chi connectivity index (χ0) is 14.5. The van der Waals surface area contributed by atoms with Crippen molar-refractivity contribution in [2.45, 2.75) is 17.6 Å². The molecule has 2 aromatic carbocycles. The summed E-state index contributed by atoms with van der Waals surface area (Å²) < 4.78 is 19.1. The van der Waals surface area contributed by atoms with Gasteiger partial charge in [-0.3, -0.25) is 0 Å². The van der Waals surface area contributed by atoms with Gasteiger partial charge in [0, 0.05) is 16.3 Å². The van der Waals surface area contributed by atoms with E-state index in [0.717, 1.165) is 27.6 Å². The van der Waals surface area contributed by atoms with Crippen LogP contribution in [-0.2, 0) is 5.75 Å². The molecular weight excluding hydrogens is 341 g/mol. The Hall–Kier alpha value is -1.20. The predicted octanol–water partition coefficient (Wildman–Crippen LogP) is 4.86. The van der Waals surface area contributed by atoms with Crippen LogP contribution in [0.25, 0.3) is 0 Å². The molecule has 0 aliphatic heterocycles. The minimum absolute atomic E-state index is 0.253. The lowest BCUT2D eigenvalue weighted by Crippen LogP contribution is -1.94. The lowest BCUT2D eigenvalue weighted by Gasteiger charge is -2.09. The van der Waals surface area contributed by atoms with Crippen LogP contribution < -0.4 is 10.5 Å². The Bertz CT molecular complexity index is 606. The first kappa shape index (κ1) is 15.2. The maximum Gasteiger partial charge on any atom is 0.137 e. The zero-order valence-corrected chi connectivity index (χ0v) is 13.4. The maximum atomic E-state index is 13.2. The molecule has 0 heterocycles. The van der Waals surface area contributed by atoms with Gasteiger partial charge in [-0.1, -0.05) is 6.07 Å². The molecule has 0 amide bonds. The van der Waals surface area contributed by atoms with Crippen molar-refractivity contribution in [3.8, 4) is 5.75 Å². The van der Waals surface area contributed by atoms with Crippen LogP contribution in [0.4, 0.5) is 10.1 Å². The number of halogens is 2. The van der Waals surface area contributed by atoms with E-state index in [1.165, 1.54) is 6.07 Å². The average Bonchev–Trinajstić information content (AvgIpc) is 2.43. The molecule has 0 bridgehead atoms. The number of hydrogen-bond acceptors (Lipinski definition) is 3. The summed E-state index contributed by atoms with van der Waals surface area (Å²) in [6.07, 6.45) is 0. The molecule has 2 aromatic rings. The van der Waals surface area contributed by atoms with Crippen molar-refractivity contribution in [1.82, 2.24) is 0 Å². The van der Waals surface area contributed by atoms with Crippen LogP contribution in [0.15, 0.2) is 45.8 Å². The van der Waals surface area contributed by atoms with Gasteiger partial charge in [0.2, 0.25) is 0 Å². The quantitative estimate of drug-likeness (QED) is 0.614. The van der Waals surface area contributed by atoms with Crippen LogP contribution in [0.3, 0.4) is 0 Å². The molecule has 106 valence electrons. The standard InChI is InChI=1S/C15H15BrFNOS/c1-2-19-11-4-6-14(18)15(8-11)20-9-10-3-5-13(17)12(16)7-10/h3-8H,2,9,18H2,1H3. The number of ether oxygens (including phenoxy) is 1. The van der Waals surface area contributed by atoms with Gasteiger partial charge in [0.05, 0.1) is 11.1 Å². The lowest BCUT2D eigenvalue weighted by molar-refractivity contribution is 0.339. The Morgan fingerprint density at radius 2 is 2.05 bits per heavy atom. The van der Waals surface area contributed by atoms with E-state index in [4.69, 9.17) is 10.5 Å². The van der Waals surface area contributed by atoms with Gasteiger partial charge < -0.3 is 10.5 Å². The lowest BCUT2D eigenvalue weighted by atomic mass is 10.2. The number of anilines is 1. The van der Waals surface area contributed by atoms with Crippen LogP contribution in [0, 0.1) is 5.82 Å². The van der Waals surface area contributed by atoms with Crippen molar-refractivity contribution in [1.29, 1.82) is 0 Å². The van der Waals surface area contributed by atoms with E-state index in [1.54, 1.807) is 23.9 Å². The molecule has 2 nitrogen and oxygen atoms in total. The predicted molar refractivity (Wildman–Crippen MR) is 85.7 cm³/mol. The molecule has 0 aliphatic rings. The topological polar surface area (TPSA) is 35.2 Å². The minimum Gasteiger partial charge on any atom is -0.494 e. The molecule has 2 rings (SSSR count). The molecular formula is C15H15BrFNOS. The normalized spacial score (nSPS) is 10.6. The van der Waals surface area contributed by atoms with Crippen LogP contribution in [-0.4, -0.2) is 6.61 Å². The smallest absolute Gasteiger partial charge is 0.137 e. The Balaban J connectivity index is 2.09. The first-order valence-corrected chi connectivity index (χ1v) is 7.97. The highest BCUT2D eigenvalue weighted by molar-refractivity contribution is 9.10. The highest BCUT2D eigenvalue weighted by atomic mass is 79.9. The second kappa shape index (κ2) is 6.99. The molecule has 0 fully saturated rings. The summed E-state index contributed by atoms with van der Waals surface area (Å²) in [5, 5.41) is 0. The first-order valence-electron chi connectivity index (χ1n) is 6.19. The van der Waals surface area contributed by atoms with E-state index in [1.807, 2.05) is 25.1 Å². The van der Waals surface area contributed by atoms with Crippen molar-refractivity contribution in [2.24, 2.45) is 0 Å². The molecule has 0 saturated heterocycles. The van der Waals surface area contributed by atoms with Gasteiger partial charge in [0.25, 0.3) is 0 Å². The SMILES string of the molecule is CCOc1ccc(N)c(SCc2ccc(F)c(Br)c2)c1. The first-order chi connectivity index (χ1) is 9.60. The number of nitrogens with two attached hydrogens (primary N) is 1. The van der Waals surface area contributed by atoms with Crippen molar-refractivity contribution in [3.63, 3.8) is 0 Å². The number of nitrogen functional groups attached to an aromatic ring is 1. The summed E-state index contributed by atoms with van der Waals surface area (Å²) in [5.41, 5.74) is 7.71. The Labute approximate surface area is 130 Å². The highest BCUT2D eigenvalue weighted by Crippen LogP contribution is 2.32. The average molecular weight is 356 g/mol. The van der Waals surface area contributed by atoms with Crippen molar-refractivity contribution in [3.05, 3.63) is 52.3 Å². The third kappa shape index (κ3) is 3.90. The van der Waals surface area contributed by atoms with E-state index in [2.05, 4.69) is 15.9 Å². The molecule has 0 saturated carbocycles. The summed E-state index contributed by atoms with van der Waals surface area (Å²) >= 11 is 4.80. The third-order valence-electron chi connectivity index (χ3n) is 2.67. The molecule has 5 heteroatoms. The summed E-state index contributed by atoms with van der Waals surface area (Å²) in [6, 6.07) is 10.6. The minimum atomic E-state index is -0.253. The van der Waals surface area contributed by atoms with Gasteiger partial charge in [-0.05, 0) is 58.7 Å². The zero-order valence-electron chi connectivity index (χ0n) is 11.0. The maximum absolute atomic E-state index is 13.2. The van der Waals surface area contributed by atoms with Crippen LogP contribution in [0.5, 0.6) is 5.75 Å². The fourth-order valence-electron chi connectivity index (χ4n) is 1.69. The molecule has 0 aromatic heterocycles. The number of benzene rings is 2. The van der Waals surface area contributed by atoms with Gasteiger partial charge in [0.15, 0.2) is 0 Å². The Kier molecular flexibility index (Phi) is 5.31. The number of rotatable bonds is 5. The van der Waals surface area contributed by atoms with Crippen molar-refractivity contribution in [2.75, 3.05) is 12.3 Å². The second-order valence-corrected chi connectivity index (χ2v) is 6.04. The summed E-state index contributed by atoms with van der Waals surface area (Å²) in [4.78, 5) is 0.969. The molecule has 0 spiro atoms. The summed E-state index contributed by atoms with van der Waals surface area (Å²) in [5.74, 6) is 1.28. The monoisotopic (exact) mass is 355 g/mol. The molecule has 20 heavy (non-hydrogen) atoms. The fourth-order valence-corrected chi connectivity index (χ4v) is 3.05. The molecule has 0 unspecified atom stereocenters. The molecule has 0 radical (unpaired) electrons. The number of hydrogen-bond donors (Lipinski definition) is 1. The Morgan fingerprint density at radius 3 is 2.75 bits per heavy atom. The number of thioether (sulfide) groups is 1. The van der Waals surface area contributed by atoms with E-state index >= 15 is 0 Å². The molecule has 2 N–H and O–H groups in total. The third-order valence-corrected chi connectivity index (χ3v) is 4.42. The van der Waals surface area contributed by atoms with Crippen LogP contribution >= 0.6 is 27.7 Å². The second-order valence-electron chi connectivity index (χ2n) is 4.17. The molecule has 0 aliphatic carbocycles. The van der Waals surface area contributed by atoms with Crippen molar-refractivity contribution < 1.29 is 9.13 Å². The summed E-state index contributed by atoms with van der Waals surface area (Å²) in [6.45, 7) is 2.57. The van der Waals surface area contributed by atoms with Gasteiger partial charge >= 0.3 is 0 Å². The van der Waals surface area contributed by atoms with E-state index in [0.29, 0.717) is 11.1 Å². The van der Waals surface area contributed by atoms with E-state index in [9.17, 15) is 4.39 Å². The van der Waals surface area contributed by atoms with Gasteiger partial charge in [-0.25, -0.2) is 4.39 Å². The van der Waals surface area contributed by atoms with Gasteiger partial charge in [-0.15, -0.1) is 11.8 Å². The van der Waals surface area contributed by atoms with E-state index < -0.39 is 0 Å².